The largest absolute Gasteiger partial charge is 0.486 e. The molecule has 1 amide bonds. The van der Waals surface area contributed by atoms with Crippen LogP contribution in [0.2, 0.25) is 0 Å². The summed E-state index contributed by atoms with van der Waals surface area (Å²) in [6.07, 6.45) is -0.475. The third-order valence-electron chi connectivity index (χ3n) is 4.52. The topological polar surface area (TPSA) is 75.6 Å². The summed E-state index contributed by atoms with van der Waals surface area (Å²) in [7, 11) is 0. The second-order valence-electron chi connectivity index (χ2n) is 6.95. The average molecular weight is 408 g/mol. The summed E-state index contributed by atoms with van der Waals surface area (Å²) >= 11 is 2.89. The second-order valence-corrected chi connectivity index (χ2v) is 9.36. The highest BCUT2D eigenvalue weighted by atomic mass is 32.2. The van der Waals surface area contributed by atoms with Crippen LogP contribution in [-0.4, -0.2) is 57.2 Å². The standard InChI is InChI=1S/C19H25N3O3S2/c1-12(2)14-5-4-6-15(9-14)25-17-10-22(8-7-16(17)23)18(24)11-26-19-21-20-13(3)27-19/h4-6,9,12,16-17,23H,7-8,10-11H2,1-3H3/t16-,17-/m1/s1. The zero-order chi connectivity index (χ0) is 19.4. The Morgan fingerprint density at radius 2 is 2.26 bits per heavy atom. The van der Waals surface area contributed by atoms with E-state index < -0.39 is 12.2 Å². The minimum absolute atomic E-state index is 0.0317. The lowest BCUT2D eigenvalue weighted by Crippen LogP contribution is -2.51. The molecule has 1 fully saturated rings. The fraction of sp³-hybridized carbons (Fsp3) is 0.526. The maximum atomic E-state index is 12.6. The van der Waals surface area contributed by atoms with Crippen LogP contribution >= 0.6 is 23.1 Å². The summed E-state index contributed by atoms with van der Waals surface area (Å²) in [6, 6.07) is 7.93. The van der Waals surface area contributed by atoms with E-state index >= 15 is 0 Å². The third kappa shape index (κ3) is 5.43. The van der Waals surface area contributed by atoms with Gasteiger partial charge in [-0.25, -0.2) is 0 Å². The molecule has 1 saturated heterocycles. The zero-order valence-corrected chi connectivity index (χ0v) is 17.4. The van der Waals surface area contributed by atoms with Crippen LogP contribution in [-0.2, 0) is 4.79 Å². The Bertz CT molecular complexity index is 781. The number of hydrogen-bond donors (Lipinski definition) is 1. The van der Waals surface area contributed by atoms with Gasteiger partial charge in [0.1, 0.15) is 16.9 Å². The molecule has 0 spiro atoms. The molecule has 0 saturated carbocycles. The highest BCUT2D eigenvalue weighted by molar-refractivity contribution is 8.01. The van der Waals surface area contributed by atoms with Crippen molar-refractivity contribution in [3.8, 4) is 5.75 Å². The number of amides is 1. The van der Waals surface area contributed by atoms with Gasteiger partial charge in [0.15, 0.2) is 4.34 Å². The molecule has 0 unspecified atom stereocenters. The molecule has 1 N–H and O–H groups in total. The summed E-state index contributed by atoms with van der Waals surface area (Å²) in [5.41, 5.74) is 1.19. The first-order chi connectivity index (χ1) is 12.9. The molecule has 2 atom stereocenters. The van der Waals surface area contributed by atoms with Crippen molar-refractivity contribution < 1.29 is 14.6 Å². The van der Waals surface area contributed by atoms with Gasteiger partial charge in [-0.15, -0.1) is 10.2 Å². The van der Waals surface area contributed by atoms with Gasteiger partial charge in [-0.3, -0.25) is 4.79 Å². The number of likely N-dealkylation sites (tertiary alicyclic amines) is 1. The minimum Gasteiger partial charge on any atom is -0.486 e. The van der Waals surface area contributed by atoms with Gasteiger partial charge in [0.2, 0.25) is 5.91 Å². The van der Waals surface area contributed by atoms with E-state index in [-0.39, 0.29) is 5.91 Å². The number of aryl methyl sites for hydroxylation is 1. The highest BCUT2D eigenvalue weighted by Crippen LogP contribution is 2.25. The maximum Gasteiger partial charge on any atom is 0.233 e. The van der Waals surface area contributed by atoms with Gasteiger partial charge < -0.3 is 14.7 Å². The molecule has 1 aliphatic heterocycles. The molecular weight excluding hydrogens is 382 g/mol. The predicted molar refractivity (Wildman–Crippen MR) is 108 cm³/mol. The molecule has 6 nitrogen and oxygen atoms in total. The van der Waals surface area contributed by atoms with E-state index in [1.165, 1.54) is 28.7 Å². The number of nitrogens with zero attached hydrogens (tertiary/aromatic N) is 3. The van der Waals surface area contributed by atoms with E-state index in [1.54, 1.807) is 4.90 Å². The minimum atomic E-state index is -0.574. The first kappa shape index (κ1) is 20.1. The van der Waals surface area contributed by atoms with Crippen molar-refractivity contribution in [1.29, 1.82) is 0 Å². The maximum absolute atomic E-state index is 12.6. The Morgan fingerprint density at radius 3 is 2.96 bits per heavy atom. The number of thioether (sulfide) groups is 1. The molecule has 2 aromatic rings. The molecule has 1 aromatic heterocycles. The number of aromatic nitrogens is 2. The number of carbonyl (C=O) groups is 1. The summed E-state index contributed by atoms with van der Waals surface area (Å²) < 4.78 is 6.84. The number of aliphatic hydroxyl groups excluding tert-OH is 1. The summed E-state index contributed by atoms with van der Waals surface area (Å²) in [5.74, 6) is 1.49. The van der Waals surface area contributed by atoms with Gasteiger partial charge in [0.25, 0.3) is 0 Å². The molecule has 0 bridgehead atoms. The molecule has 1 aliphatic rings. The van der Waals surface area contributed by atoms with Crippen molar-refractivity contribution in [2.24, 2.45) is 0 Å². The van der Waals surface area contributed by atoms with Crippen LogP contribution in [0, 0.1) is 6.92 Å². The molecule has 27 heavy (non-hydrogen) atoms. The van der Waals surface area contributed by atoms with E-state index in [0.29, 0.717) is 31.2 Å². The lowest BCUT2D eigenvalue weighted by molar-refractivity contribution is -0.133. The van der Waals surface area contributed by atoms with Gasteiger partial charge in [0, 0.05) is 6.54 Å². The van der Waals surface area contributed by atoms with Crippen molar-refractivity contribution >= 4 is 29.0 Å². The van der Waals surface area contributed by atoms with Crippen LogP contribution in [0.1, 0.15) is 36.8 Å². The Labute approximate surface area is 167 Å². The third-order valence-corrected chi connectivity index (χ3v) is 6.47. The number of rotatable bonds is 6. The van der Waals surface area contributed by atoms with Gasteiger partial charge >= 0.3 is 0 Å². The molecule has 146 valence electrons. The van der Waals surface area contributed by atoms with Gasteiger partial charge in [0.05, 0.1) is 18.4 Å². The van der Waals surface area contributed by atoms with Crippen LogP contribution in [0.3, 0.4) is 0 Å². The molecule has 2 heterocycles. The van der Waals surface area contributed by atoms with Crippen molar-refractivity contribution in [2.45, 2.75) is 49.7 Å². The van der Waals surface area contributed by atoms with Crippen molar-refractivity contribution in [3.63, 3.8) is 0 Å². The second kappa shape index (κ2) is 9.03. The number of ether oxygens (including phenoxy) is 1. The van der Waals surface area contributed by atoms with Gasteiger partial charge in [-0.05, 0) is 37.0 Å². The molecule has 1 aromatic carbocycles. The fourth-order valence-corrected chi connectivity index (χ4v) is 4.64. The SMILES string of the molecule is Cc1nnc(SCC(=O)N2CC[C@@H](O)[C@H](Oc3cccc(C(C)C)c3)C2)s1. The van der Waals surface area contributed by atoms with E-state index in [2.05, 4.69) is 30.1 Å². The number of aliphatic hydroxyl groups is 1. The Balaban J connectivity index is 1.58. The van der Waals surface area contributed by atoms with Crippen LogP contribution in [0.15, 0.2) is 28.6 Å². The van der Waals surface area contributed by atoms with Crippen LogP contribution in [0.4, 0.5) is 0 Å². The smallest absolute Gasteiger partial charge is 0.233 e. The quantitative estimate of drug-likeness (QED) is 0.742. The molecule has 3 rings (SSSR count). The van der Waals surface area contributed by atoms with Gasteiger partial charge in [-0.1, -0.05) is 49.1 Å². The normalized spacial score (nSPS) is 20.1. The zero-order valence-electron chi connectivity index (χ0n) is 15.8. The Morgan fingerprint density at radius 1 is 1.44 bits per heavy atom. The fourth-order valence-electron chi connectivity index (χ4n) is 2.92. The van der Waals surface area contributed by atoms with Crippen LogP contribution < -0.4 is 4.74 Å². The summed E-state index contributed by atoms with van der Waals surface area (Å²) in [6.45, 7) is 7.09. The first-order valence-electron chi connectivity index (χ1n) is 9.07. The lowest BCUT2D eigenvalue weighted by atomic mass is 10.0. The number of piperidine rings is 1. The van der Waals surface area contributed by atoms with E-state index in [0.717, 1.165) is 15.1 Å². The van der Waals surface area contributed by atoms with Crippen molar-refractivity contribution in [2.75, 3.05) is 18.8 Å². The lowest BCUT2D eigenvalue weighted by Gasteiger charge is -2.36. The van der Waals surface area contributed by atoms with E-state index in [4.69, 9.17) is 4.74 Å². The molecule has 0 radical (unpaired) electrons. The van der Waals surface area contributed by atoms with Crippen molar-refractivity contribution in [3.05, 3.63) is 34.8 Å². The number of benzene rings is 1. The number of hydrogen-bond acceptors (Lipinski definition) is 7. The summed E-state index contributed by atoms with van der Waals surface area (Å²) in [4.78, 5) is 14.3. The Kier molecular flexibility index (Phi) is 6.73. The molecule has 8 heteroatoms. The van der Waals surface area contributed by atoms with E-state index in [9.17, 15) is 9.90 Å². The van der Waals surface area contributed by atoms with Gasteiger partial charge in [-0.2, -0.15) is 0 Å². The first-order valence-corrected chi connectivity index (χ1v) is 10.9. The highest BCUT2D eigenvalue weighted by Gasteiger charge is 2.32. The van der Waals surface area contributed by atoms with Crippen LogP contribution in [0.25, 0.3) is 0 Å². The molecular formula is C19H25N3O3S2. The van der Waals surface area contributed by atoms with E-state index in [1.807, 2.05) is 25.1 Å². The molecule has 0 aliphatic carbocycles. The van der Waals surface area contributed by atoms with Crippen molar-refractivity contribution in [1.82, 2.24) is 15.1 Å². The number of carbonyl (C=O) groups excluding carboxylic acids is 1. The monoisotopic (exact) mass is 407 g/mol. The summed E-state index contributed by atoms with van der Waals surface area (Å²) in [5, 5.41) is 19.2. The Hall–Kier alpha value is -1.64. The average Bonchev–Trinajstić information content (AvgIpc) is 3.07. The predicted octanol–water partition coefficient (Wildman–Crippen LogP) is 3.10. The van der Waals surface area contributed by atoms with Crippen LogP contribution in [0.5, 0.6) is 5.75 Å².